The Hall–Kier alpha value is -1.83. The first-order valence-electron chi connectivity index (χ1n) is 5.16. The van der Waals surface area contributed by atoms with Gasteiger partial charge in [0.05, 0.1) is 7.11 Å². The van der Waals surface area contributed by atoms with Gasteiger partial charge in [0.1, 0.15) is 5.75 Å². The van der Waals surface area contributed by atoms with Crippen molar-refractivity contribution in [3.05, 3.63) is 48.1 Å². The SMILES string of the molecule is C=CC(=O)Cc1ccc(OC)c(C=CC)c1. The molecule has 1 rings (SSSR count). The van der Waals surface area contributed by atoms with Crippen LogP contribution in [0, 0.1) is 0 Å². The van der Waals surface area contributed by atoms with Crippen molar-refractivity contribution < 1.29 is 9.53 Å². The standard InChI is InChI=1S/C14H16O2/c1-4-6-12-9-11(10-13(15)5-2)7-8-14(12)16-3/h4-9H,2,10H2,1,3H3. The Kier molecular flexibility index (Phi) is 4.52. The summed E-state index contributed by atoms with van der Waals surface area (Å²) in [5, 5.41) is 0. The van der Waals surface area contributed by atoms with Crippen LogP contribution < -0.4 is 4.74 Å². The second-order valence-electron chi connectivity index (χ2n) is 3.42. The highest BCUT2D eigenvalue weighted by Gasteiger charge is 2.04. The molecule has 0 fully saturated rings. The van der Waals surface area contributed by atoms with E-state index in [1.807, 2.05) is 37.3 Å². The summed E-state index contributed by atoms with van der Waals surface area (Å²) in [6.45, 7) is 5.41. The molecule has 1 aromatic carbocycles. The zero-order chi connectivity index (χ0) is 12.0. The molecule has 0 aliphatic carbocycles. The number of rotatable bonds is 5. The smallest absolute Gasteiger partial charge is 0.159 e. The van der Waals surface area contributed by atoms with Crippen LogP contribution in [0.1, 0.15) is 18.1 Å². The van der Waals surface area contributed by atoms with Crippen LogP contribution in [0.2, 0.25) is 0 Å². The van der Waals surface area contributed by atoms with E-state index in [9.17, 15) is 4.79 Å². The average Bonchev–Trinajstić information content (AvgIpc) is 2.30. The van der Waals surface area contributed by atoms with Crippen molar-refractivity contribution in [3.63, 3.8) is 0 Å². The van der Waals surface area contributed by atoms with Crippen LogP contribution in [0.25, 0.3) is 6.08 Å². The number of carbonyl (C=O) groups is 1. The number of hydrogen-bond acceptors (Lipinski definition) is 2. The molecular weight excluding hydrogens is 200 g/mol. The highest BCUT2D eigenvalue weighted by atomic mass is 16.5. The first-order valence-corrected chi connectivity index (χ1v) is 5.16. The highest BCUT2D eigenvalue weighted by Crippen LogP contribution is 2.21. The Balaban J connectivity index is 3.01. The largest absolute Gasteiger partial charge is 0.496 e. The van der Waals surface area contributed by atoms with E-state index >= 15 is 0 Å². The molecule has 0 N–H and O–H groups in total. The second kappa shape index (κ2) is 5.91. The van der Waals surface area contributed by atoms with E-state index in [4.69, 9.17) is 4.74 Å². The van der Waals surface area contributed by atoms with Crippen molar-refractivity contribution in [3.8, 4) is 5.75 Å². The van der Waals surface area contributed by atoms with Gasteiger partial charge in [0.15, 0.2) is 5.78 Å². The molecule has 0 aliphatic heterocycles. The van der Waals surface area contributed by atoms with Gasteiger partial charge in [-0.25, -0.2) is 0 Å². The van der Waals surface area contributed by atoms with E-state index < -0.39 is 0 Å². The molecule has 0 unspecified atom stereocenters. The van der Waals surface area contributed by atoms with E-state index in [0.29, 0.717) is 6.42 Å². The molecular formula is C14H16O2. The van der Waals surface area contributed by atoms with Crippen LogP contribution in [0.4, 0.5) is 0 Å². The van der Waals surface area contributed by atoms with Gasteiger partial charge < -0.3 is 4.74 Å². The van der Waals surface area contributed by atoms with Crippen molar-refractivity contribution in [2.75, 3.05) is 7.11 Å². The number of hydrogen-bond donors (Lipinski definition) is 0. The summed E-state index contributed by atoms with van der Waals surface area (Å²) in [5.41, 5.74) is 1.96. The van der Waals surface area contributed by atoms with Gasteiger partial charge in [0.25, 0.3) is 0 Å². The van der Waals surface area contributed by atoms with Crippen molar-refractivity contribution in [1.29, 1.82) is 0 Å². The Bertz CT molecular complexity index is 417. The topological polar surface area (TPSA) is 26.3 Å². The first kappa shape index (κ1) is 12.2. The molecule has 1 aromatic rings. The Labute approximate surface area is 96.2 Å². The molecule has 84 valence electrons. The Morgan fingerprint density at radius 1 is 1.50 bits per heavy atom. The Morgan fingerprint density at radius 2 is 2.25 bits per heavy atom. The maximum atomic E-state index is 11.2. The van der Waals surface area contributed by atoms with Gasteiger partial charge in [-0.2, -0.15) is 0 Å². The van der Waals surface area contributed by atoms with E-state index in [-0.39, 0.29) is 5.78 Å². The van der Waals surface area contributed by atoms with Gasteiger partial charge in [-0.1, -0.05) is 24.8 Å². The van der Waals surface area contributed by atoms with E-state index in [1.54, 1.807) is 7.11 Å². The summed E-state index contributed by atoms with van der Waals surface area (Å²) in [4.78, 5) is 11.2. The maximum Gasteiger partial charge on any atom is 0.159 e. The van der Waals surface area contributed by atoms with Crippen molar-refractivity contribution in [1.82, 2.24) is 0 Å². The lowest BCUT2D eigenvalue weighted by Gasteiger charge is -2.06. The fourth-order valence-corrected chi connectivity index (χ4v) is 1.48. The average molecular weight is 216 g/mol. The summed E-state index contributed by atoms with van der Waals surface area (Å²) >= 11 is 0. The number of carbonyl (C=O) groups excluding carboxylic acids is 1. The van der Waals surface area contributed by atoms with Crippen LogP contribution in [0.15, 0.2) is 36.9 Å². The predicted molar refractivity (Wildman–Crippen MR) is 66.6 cm³/mol. The van der Waals surface area contributed by atoms with Crippen LogP contribution in [0.3, 0.4) is 0 Å². The van der Waals surface area contributed by atoms with Crippen LogP contribution in [-0.4, -0.2) is 12.9 Å². The molecule has 0 aromatic heterocycles. The molecule has 2 nitrogen and oxygen atoms in total. The summed E-state index contributed by atoms with van der Waals surface area (Å²) in [7, 11) is 1.64. The monoisotopic (exact) mass is 216 g/mol. The van der Waals surface area contributed by atoms with Gasteiger partial charge in [-0.15, -0.1) is 0 Å². The van der Waals surface area contributed by atoms with Crippen LogP contribution >= 0.6 is 0 Å². The van der Waals surface area contributed by atoms with Crippen molar-refractivity contribution in [2.45, 2.75) is 13.3 Å². The third kappa shape index (κ3) is 3.09. The molecule has 2 heteroatoms. The third-order valence-corrected chi connectivity index (χ3v) is 2.25. The lowest BCUT2D eigenvalue weighted by Crippen LogP contribution is -1.98. The van der Waals surface area contributed by atoms with Crippen molar-refractivity contribution >= 4 is 11.9 Å². The zero-order valence-corrected chi connectivity index (χ0v) is 9.69. The molecule has 0 bridgehead atoms. The van der Waals surface area contributed by atoms with Crippen LogP contribution in [0.5, 0.6) is 5.75 Å². The second-order valence-corrected chi connectivity index (χ2v) is 3.42. The summed E-state index contributed by atoms with van der Waals surface area (Å²) in [6, 6.07) is 5.73. The minimum atomic E-state index is 0.0246. The molecule has 0 heterocycles. The normalized spacial score (nSPS) is 10.4. The van der Waals surface area contributed by atoms with Crippen LogP contribution in [-0.2, 0) is 11.2 Å². The van der Waals surface area contributed by atoms with Gasteiger partial charge >= 0.3 is 0 Å². The molecule has 0 atom stereocenters. The third-order valence-electron chi connectivity index (χ3n) is 2.25. The summed E-state index contributed by atoms with van der Waals surface area (Å²) in [5.74, 6) is 0.837. The minimum Gasteiger partial charge on any atom is -0.496 e. The molecule has 0 spiro atoms. The zero-order valence-electron chi connectivity index (χ0n) is 9.69. The number of benzene rings is 1. The number of methoxy groups -OCH3 is 1. The fourth-order valence-electron chi connectivity index (χ4n) is 1.48. The van der Waals surface area contributed by atoms with E-state index in [1.165, 1.54) is 6.08 Å². The lowest BCUT2D eigenvalue weighted by atomic mass is 10.0. The number of ether oxygens (including phenoxy) is 1. The lowest BCUT2D eigenvalue weighted by molar-refractivity contribution is -0.114. The molecule has 0 aliphatic rings. The summed E-state index contributed by atoms with van der Waals surface area (Å²) < 4.78 is 5.23. The maximum absolute atomic E-state index is 11.2. The van der Waals surface area contributed by atoms with Crippen molar-refractivity contribution in [2.24, 2.45) is 0 Å². The van der Waals surface area contributed by atoms with E-state index in [2.05, 4.69) is 6.58 Å². The van der Waals surface area contributed by atoms with Gasteiger partial charge in [-0.05, 0) is 30.7 Å². The quantitative estimate of drug-likeness (QED) is 0.707. The summed E-state index contributed by atoms with van der Waals surface area (Å²) in [6.07, 6.45) is 5.63. The number of ketones is 1. The van der Waals surface area contributed by atoms with Gasteiger partial charge in [0, 0.05) is 12.0 Å². The highest BCUT2D eigenvalue weighted by molar-refractivity contribution is 5.91. The first-order chi connectivity index (χ1) is 7.71. The molecule has 0 saturated heterocycles. The molecule has 16 heavy (non-hydrogen) atoms. The van der Waals surface area contributed by atoms with Gasteiger partial charge in [0.2, 0.25) is 0 Å². The number of allylic oxidation sites excluding steroid dienone is 2. The molecule has 0 saturated carbocycles. The predicted octanol–water partition coefficient (Wildman–Crippen LogP) is 3.03. The van der Waals surface area contributed by atoms with E-state index in [0.717, 1.165) is 16.9 Å². The van der Waals surface area contributed by atoms with Gasteiger partial charge in [-0.3, -0.25) is 4.79 Å². The fraction of sp³-hybridized carbons (Fsp3) is 0.214. The molecule has 0 radical (unpaired) electrons. The Morgan fingerprint density at radius 3 is 2.81 bits per heavy atom. The minimum absolute atomic E-state index is 0.0246. The molecule has 0 amide bonds.